The standard InChI is InChI=1S/C23H24N2O7S2/c1-14-4-9-18-21(26)19(12-15-5-7-17(8-6-15)33(3,28)29)20(23(27)32-2)25(22(18)24-14)16-10-11-34(30,31)13-16/h4-9,16H,10-13H2,1-3H3. The van der Waals surface area contributed by atoms with Crippen molar-refractivity contribution in [2.24, 2.45) is 0 Å². The highest BCUT2D eigenvalue weighted by atomic mass is 32.2. The molecule has 11 heteroatoms. The third kappa shape index (κ3) is 4.49. The van der Waals surface area contributed by atoms with E-state index < -0.39 is 37.1 Å². The van der Waals surface area contributed by atoms with Crippen LogP contribution in [0.15, 0.2) is 46.1 Å². The average Bonchev–Trinajstić information content (AvgIpc) is 3.13. The van der Waals surface area contributed by atoms with E-state index in [2.05, 4.69) is 4.98 Å². The third-order valence-electron chi connectivity index (χ3n) is 5.97. The lowest BCUT2D eigenvalue weighted by atomic mass is 9.99. The molecule has 2 aromatic heterocycles. The van der Waals surface area contributed by atoms with Gasteiger partial charge in [-0.15, -0.1) is 0 Å². The molecule has 1 aliphatic rings. The lowest BCUT2D eigenvalue weighted by Gasteiger charge is -2.23. The molecule has 0 saturated carbocycles. The summed E-state index contributed by atoms with van der Waals surface area (Å²) in [5, 5.41) is 0.269. The highest BCUT2D eigenvalue weighted by Gasteiger charge is 2.34. The van der Waals surface area contributed by atoms with Crippen molar-refractivity contribution in [1.29, 1.82) is 0 Å². The lowest BCUT2D eigenvalue weighted by molar-refractivity contribution is 0.0584. The van der Waals surface area contributed by atoms with Crippen molar-refractivity contribution in [2.75, 3.05) is 24.9 Å². The van der Waals surface area contributed by atoms with Crippen LogP contribution in [0.4, 0.5) is 0 Å². The van der Waals surface area contributed by atoms with Crippen molar-refractivity contribution >= 4 is 36.7 Å². The number of pyridine rings is 2. The number of hydrogen-bond acceptors (Lipinski definition) is 8. The first-order valence-corrected chi connectivity index (χ1v) is 14.2. The van der Waals surface area contributed by atoms with E-state index in [1.807, 2.05) is 0 Å². The Morgan fingerprint density at radius 3 is 2.41 bits per heavy atom. The Morgan fingerprint density at radius 2 is 1.85 bits per heavy atom. The number of carbonyl (C=O) groups is 1. The summed E-state index contributed by atoms with van der Waals surface area (Å²) < 4.78 is 54.7. The summed E-state index contributed by atoms with van der Waals surface area (Å²) in [6.45, 7) is 1.74. The van der Waals surface area contributed by atoms with E-state index in [9.17, 15) is 26.4 Å². The van der Waals surface area contributed by atoms with Gasteiger partial charge in [0.05, 0.1) is 34.9 Å². The molecule has 1 fully saturated rings. The SMILES string of the molecule is COC(=O)c1c(Cc2ccc(S(C)(=O)=O)cc2)c(=O)c2ccc(C)nc2n1C1CCS(=O)(=O)C1. The van der Waals surface area contributed by atoms with E-state index >= 15 is 0 Å². The van der Waals surface area contributed by atoms with E-state index in [-0.39, 0.29) is 51.5 Å². The number of hydrogen-bond donors (Lipinski definition) is 0. The number of benzene rings is 1. The number of carbonyl (C=O) groups excluding carboxylic acids is 1. The minimum atomic E-state index is -3.39. The molecule has 3 aromatic rings. The van der Waals surface area contributed by atoms with Gasteiger partial charge in [0.1, 0.15) is 11.3 Å². The van der Waals surface area contributed by atoms with E-state index in [0.29, 0.717) is 11.3 Å². The largest absolute Gasteiger partial charge is 0.464 e. The molecule has 1 unspecified atom stereocenters. The molecule has 34 heavy (non-hydrogen) atoms. The zero-order valence-electron chi connectivity index (χ0n) is 18.9. The van der Waals surface area contributed by atoms with Crippen LogP contribution >= 0.6 is 0 Å². The maximum Gasteiger partial charge on any atom is 0.355 e. The van der Waals surface area contributed by atoms with Gasteiger partial charge < -0.3 is 9.30 Å². The molecule has 1 aromatic carbocycles. The summed E-state index contributed by atoms with van der Waals surface area (Å²) in [6.07, 6.45) is 1.41. The Hall–Kier alpha value is -3.05. The summed E-state index contributed by atoms with van der Waals surface area (Å²) in [5.41, 5.74) is 1.16. The lowest BCUT2D eigenvalue weighted by Crippen LogP contribution is -2.29. The number of fused-ring (bicyclic) bond motifs is 1. The number of ether oxygens (including phenoxy) is 1. The monoisotopic (exact) mass is 504 g/mol. The smallest absolute Gasteiger partial charge is 0.355 e. The van der Waals surface area contributed by atoms with E-state index in [4.69, 9.17) is 4.74 Å². The summed E-state index contributed by atoms with van der Waals surface area (Å²) in [5.74, 6) is -0.970. The van der Waals surface area contributed by atoms with Crippen LogP contribution in [-0.2, 0) is 30.8 Å². The number of esters is 1. The predicted molar refractivity (Wildman–Crippen MR) is 127 cm³/mol. The van der Waals surface area contributed by atoms with Crippen LogP contribution in [0.25, 0.3) is 11.0 Å². The van der Waals surface area contributed by atoms with Gasteiger partial charge in [-0.2, -0.15) is 0 Å². The van der Waals surface area contributed by atoms with Crippen molar-refractivity contribution in [3.05, 3.63) is 69.1 Å². The predicted octanol–water partition coefficient (Wildman–Crippen LogP) is 1.85. The number of methoxy groups -OCH3 is 1. The number of aromatic nitrogens is 2. The van der Waals surface area contributed by atoms with Gasteiger partial charge >= 0.3 is 5.97 Å². The van der Waals surface area contributed by atoms with Crippen molar-refractivity contribution < 1.29 is 26.4 Å². The number of sulfone groups is 2. The Labute approximate surface area is 197 Å². The van der Waals surface area contributed by atoms with Crippen molar-refractivity contribution in [3.8, 4) is 0 Å². The first-order valence-electron chi connectivity index (χ1n) is 10.5. The van der Waals surface area contributed by atoms with Gasteiger partial charge in [-0.3, -0.25) is 4.79 Å². The van der Waals surface area contributed by atoms with Gasteiger partial charge in [0.2, 0.25) is 0 Å². The van der Waals surface area contributed by atoms with Gasteiger partial charge in [0.25, 0.3) is 0 Å². The Bertz CT molecular complexity index is 1570. The first kappa shape index (κ1) is 24.1. The molecule has 180 valence electrons. The van der Waals surface area contributed by atoms with Crippen molar-refractivity contribution in [2.45, 2.75) is 30.7 Å². The van der Waals surface area contributed by atoms with Crippen LogP contribution in [0, 0.1) is 6.92 Å². The summed E-state index contributed by atoms with van der Waals surface area (Å²) >= 11 is 0. The maximum absolute atomic E-state index is 13.5. The summed E-state index contributed by atoms with van der Waals surface area (Å²) in [4.78, 5) is 31.1. The van der Waals surface area contributed by atoms with Gasteiger partial charge in [-0.05, 0) is 43.2 Å². The fourth-order valence-corrected chi connectivity index (χ4v) is 6.63. The zero-order chi connectivity index (χ0) is 24.8. The van der Waals surface area contributed by atoms with E-state index in [1.165, 1.54) is 19.2 Å². The molecule has 9 nitrogen and oxygen atoms in total. The van der Waals surface area contributed by atoms with Crippen molar-refractivity contribution in [1.82, 2.24) is 9.55 Å². The molecule has 0 bridgehead atoms. The summed E-state index contributed by atoms with van der Waals surface area (Å²) in [6, 6.07) is 8.77. The number of aryl methyl sites for hydroxylation is 1. The highest BCUT2D eigenvalue weighted by molar-refractivity contribution is 7.91. The molecule has 0 spiro atoms. The highest BCUT2D eigenvalue weighted by Crippen LogP contribution is 2.30. The van der Waals surface area contributed by atoms with Gasteiger partial charge in [0.15, 0.2) is 25.1 Å². The van der Waals surface area contributed by atoms with Crippen molar-refractivity contribution in [3.63, 3.8) is 0 Å². The van der Waals surface area contributed by atoms with E-state index in [1.54, 1.807) is 35.8 Å². The van der Waals surface area contributed by atoms with Crippen LogP contribution in [0.3, 0.4) is 0 Å². The van der Waals surface area contributed by atoms with Crippen LogP contribution in [0.5, 0.6) is 0 Å². The number of nitrogens with zero attached hydrogens (tertiary/aromatic N) is 2. The van der Waals surface area contributed by atoms with E-state index in [0.717, 1.165) is 6.26 Å². The van der Waals surface area contributed by atoms with Crippen LogP contribution in [0.2, 0.25) is 0 Å². The molecule has 0 amide bonds. The summed E-state index contributed by atoms with van der Waals surface area (Å²) in [7, 11) is -5.51. The molecule has 0 aliphatic carbocycles. The number of rotatable bonds is 5. The molecule has 3 heterocycles. The zero-order valence-corrected chi connectivity index (χ0v) is 20.6. The van der Waals surface area contributed by atoms with Crippen LogP contribution < -0.4 is 5.43 Å². The quantitative estimate of drug-likeness (QED) is 0.481. The molecule has 0 radical (unpaired) electrons. The molecular formula is C23H24N2O7S2. The second kappa shape index (κ2) is 8.62. The molecule has 1 saturated heterocycles. The van der Waals surface area contributed by atoms with Gasteiger partial charge in [-0.25, -0.2) is 26.6 Å². The third-order valence-corrected chi connectivity index (χ3v) is 8.85. The molecule has 0 N–H and O–H groups in total. The molecule has 1 atom stereocenters. The normalized spacial score (nSPS) is 17.7. The second-order valence-electron chi connectivity index (χ2n) is 8.49. The average molecular weight is 505 g/mol. The molecule has 1 aliphatic heterocycles. The Balaban J connectivity index is 1.99. The van der Waals surface area contributed by atoms with Gasteiger partial charge in [-0.1, -0.05) is 12.1 Å². The Kier molecular flexibility index (Phi) is 6.11. The molecule has 4 rings (SSSR count). The minimum Gasteiger partial charge on any atom is -0.464 e. The fraction of sp³-hybridized carbons (Fsp3) is 0.348. The second-order valence-corrected chi connectivity index (χ2v) is 12.7. The fourth-order valence-electron chi connectivity index (χ4n) is 4.30. The maximum atomic E-state index is 13.5. The Morgan fingerprint density at radius 1 is 1.18 bits per heavy atom. The topological polar surface area (TPSA) is 129 Å². The van der Waals surface area contributed by atoms with Gasteiger partial charge in [0, 0.05) is 23.9 Å². The first-order chi connectivity index (χ1) is 15.9. The molecular weight excluding hydrogens is 480 g/mol. The van der Waals surface area contributed by atoms with Crippen LogP contribution in [0.1, 0.15) is 39.8 Å². The van der Waals surface area contributed by atoms with Crippen LogP contribution in [-0.4, -0.2) is 57.2 Å². The minimum absolute atomic E-state index is 0.0244.